The van der Waals surface area contributed by atoms with E-state index in [0.717, 1.165) is 5.56 Å². The Morgan fingerprint density at radius 1 is 1.04 bits per heavy atom. The van der Waals surface area contributed by atoms with Crippen LogP contribution in [0.25, 0.3) is 0 Å². The zero-order valence-electron chi connectivity index (χ0n) is 16.6. The maximum Gasteiger partial charge on any atom is 0.340 e. The van der Waals surface area contributed by atoms with Gasteiger partial charge in [0, 0.05) is 14.1 Å². The molecule has 0 spiro atoms. The average molecular weight is 404 g/mol. The number of rotatable bonds is 6. The van der Waals surface area contributed by atoms with Crippen LogP contribution in [0.5, 0.6) is 0 Å². The van der Waals surface area contributed by atoms with Crippen molar-refractivity contribution in [3.05, 3.63) is 58.7 Å². The van der Waals surface area contributed by atoms with Gasteiger partial charge in [0.2, 0.25) is 0 Å². The highest BCUT2D eigenvalue weighted by Crippen LogP contribution is 2.26. The number of esters is 1. The zero-order chi connectivity index (χ0) is 21.1. The largest absolute Gasteiger partial charge is 0.452 e. The molecule has 1 amide bonds. The number of ether oxygens (including phenoxy) is 1. The topological polar surface area (TPSA) is 92.8 Å². The van der Waals surface area contributed by atoms with Crippen molar-refractivity contribution < 1.29 is 22.7 Å². The summed E-state index contributed by atoms with van der Waals surface area (Å²) in [6, 6.07) is 9.68. The van der Waals surface area contributed by atoms with E-state index in [1.807, 2.05) is 6.92 Å². The van der Waals surface area contributed by atoms with Crippen LogP contribution in [0.3, 0.4) is 0 Å². The van der Waals surface area contributed by atoms with Crippen molar-refractivity contribution in [1.29, 1.82) is 0 Å². The number of aryl methyl sites for hydroxylation is 3. The smallest absolute Gasteiger partial charge is 0.340 e. The number of para-hydroxylation sites is 1. The molecule has 0 aromatic heterocycles. The second kappa shape index (κ2) is 8.43. The molecule has 0 saturated carbocycles. The van der Waals surface area contributed by atoms with E-state index in [1.165, 1.54) is 17.0 Å². The minimum Gasteiger partial charge on any atom is -0.452 e. The SMILES string of the molecule is Cc1cc(C)c(S(=O)(=O)Nc2ccccc2C(=O)OCC(=O)N(C)C)c(C)c1. The van der Waals surface area contributed by atoms with Crippen LogP contribution < -0.4 is 4.72 Å². The Hall–Kier alpha value is -2.87. The van der Waals surface area contributed by atoms with Crippen LogP contribution in [-0.4, -0.2) is 45.9 Å². The standard InChI is InChI=1S/C20H24N2O5S/c1-13-10-14(2)19(15(3)11-13)28(25,26)21-17-9-7-6-8-16(17)20(24)27-12-18(23)22(4)5/h6-11,21H,12H2,1-5H3. The molecule has 0 unspecified atom stereocenters. The fourth-order valence-electron chi connectivity index (χ4n) is 2.87. The predicted molar refractivity (Wildman–Crippen MR) is 107 cm³/mol. The number of nitrogens with zero attached hydrogens (tertiary/aromatic N) is 1. The monoisotopic (exact) mass is 404 g/mol. The maximum atomic E-state index is 13.0. The van der Waals surface area contributed by atoms with Gasteiger partial charge in [-0.05, 0) is 44.0 Å². The Morgan fingerprint density at radius 2 is 1.61 bits per heavy atom. The molecule has 0 heterocycles. The molecule has 0 saturated heterocycles. The molecule has 0 fully saturated rings. The summed E-state index contributed by atoms with van der Waals surface area (Å²) in [5.74, 6) is -1.16. The molecule has 0 radical (unpaired) electrons. The van der Waals surface area contributed by atoms with E-state index in [-0.39, 0.29) is 22.1 Å². The number of carbonyl (C=O) groups excluding carboxylic acids is 2. The van der Waals surface area contributed by atoms with Crippen molar-refractivity contribution in [1.82, 2.24) is 4.90 Å². The second-order valence-corrected chi connectivity index (χ2v) is 8.36. The van der Waals surface area contributed by atoms with Gasteiger partial charge < -0.3 is 9.64 Å². The molecule has 8 heteroatoms. The summed E-state index contributed by atoms with van der Waals surface area (Å²) in [6.07, 6.45) is 0. The minimum atomic E-state index is -3.93. The first kappa shape index (κ1) is 21.4. The summed E-state index contributed by atoms with van der Waals surface area (Å²) >= 11 is 0. The third-order valence-corrected chi connectivity index (χ3v) is 5.76. The van der Waals surface area contributed by atoms with E-state index in [4.69, 9.17) is 4.74 Å². The Labute approximate surface area is 165 Å². The molecule has 28 heavy (non-hydrogen) atoms. The van der Waals surface area contributed by atoms with Crippen molar-refractivity contribution in [3.8, 4) is 0 Å². The fraction of sp³-hybridized carbons (Fsp3) is 0.300. The summed E-state index contributed by atoms with van der Waals surface area (Å²) in [4.78, 5) is 25.4. The zero-order valence-corrected chi connectivity index (χ0v) is 17.4. The van der Waals surface area contributed by atoms with E-state index in [0.29, 0.717) is 11.1 Å². The number of likely N-dealkylation sites (N-methyl/N-ethyl adjacent to an activating group) is 1. The first-order chi connectivity index (χ1) is 13.0. The van der Waals surface area contributed by atoms with Gasteiger partial charge in [0.05, 0.1) is 16.1 Å². The molecule has 0 atom stereocenters. The van der Waals surface area contributed by atoms with Gasteiger partial charge in [-0.25, -0.2) is 13.2 Å². The number of nitrogens with one attached hydrogen (secondary N) is 1. The van der Waals surface area contributed by atoms with Crippen LogP contribution in [0.2, 0.25) is 0 Å². The van der Waals surface area contributed by atoms with Crippen molar-refractivity contribution >= 4 is 27.6 Å². The number of sulfonamides is 1. The molecule has 0 bridgehead atoms. The lowest BCUT2D eigenvalue weighted by atomic mass is 10.1. The molecule has 2 aromatic carbocycles. The predicted octanol–water partition coefficient (Wildman–Crippen LogP) is 2.66. The number of hydrogen-bond acceptors (Lipinski definition) is 5. The molecule has 0 aliphatic rings. The van der Waals surface area contributed by atoms with Crippen molar-refractivity contribution in [2.24, 2.45) is 0 Å². The molecule has 7 nitrogen and oxygen atoms in total. The van der Waals surface area contributed by atoms with E-state index >= 15 is 0 Å². The quantitative estimate of drug-likeness (QED) is 0.747. The molecule has 2 aromatic rings. The Bertz CT molecular complexity index is 990. The molecule has 2 rings (SSSR count). The maximum absolute atomic E-state index is 13.0. The Kier molecular flexibility index (Phi) is 6.45. The van der Waals surface area contributed by atoms with E-state index in [2.05, 4.69) is 4.72 Å². The lowest BCUT2D eigenvalue weighted by Gasteiger charge is -2.16. The Morgan fingerprint density at radius 3 is 2.18 bits per heavy atom. The molecular formula is C20H24N2O5S. The number of anilines is 1. The Balaban J connectivity index is 2.33. The van der Waals surface area contributed by atoms with Gasteiger partial charge >= 0.3 is 5.97 Å². The molecular weight excluding hydrogens is 380 g/mol. The highest BCUT2D eigenvalue weighted by Gasteiger charge is 2.23. The van der Waals surface area contributed by atoms with Crippen molar-refractivity contribution in [2.45, 2.75) is 25.7 Å². The summed E-state index contributed by atoms with van der Waals surface area (Å²) in [7, 11) is -0.833. The lowest BCUT2D eigenvalue weighted by molar-refractivity contribution is -0.131. The second-order valence-electron chi connectivity index (χ2n) is 6.74. The van der Waals surface area contributed by atoms with Crippen molar-refractivity contribution in [3.63, 3.8) is 0 Å². The van der Waals surface area contributed by atoms with Gasteiger partial charge in [-0.2, -0.15) is 0 Å². The molecule has 1 N–H and O–H groups in total. The summed E-state index contributed by atoms with van der Waals surface area (Å²) < 4.78 is 33.4. The van der Waals surface area contributed by atoms with Crippen LogP contribution >= 0.6 is 0 Å². The summed E-state index contributed by atoms with van der Waals surface area (Å²) in [5, 5.41) is 0. The number of benzene rings is 2. The highest BCUT2D eigenvalue weighted by atomic mass is 32.2. The minimum absolute atomic E-state index is 0.0278. The molecule has 150 valence electrons. The summed E-state index contributed by atoms with van der Waals surface area (Å²) in [6.45, 7) is 4.91. The lowest BCUT2D eigenvalue weighted by Crippen LogP contribution is -2.27. The normalized spacial score (nSPS) is 11.0. The van der Waals surface area contributed by atoms with Gasteiger partial charge in [0.15, 0.2) is 6.61 Å². The first-order valence-corrected chi connectivity index (χ1v) is 10.1. The number of carbonyl (C=O) groups is 2. The van der Waals surface area contributed by atoms with Crippen LogP contribution in [0, 0.1) is 20.8 Å². The fourth-order valence-corrected chi connectivity index (χ4v) is 4.41. The highest BCUT2D eigenvalue weighted by molar-refractivity contribution is 7.92. The number of amides is 1. The van der Waals surface area contributed by atoms with Crippen LogP contribution in [0.4, 0.5) is 5.69 Å². The van der Waals surface area contributed by atoms with Gasteiger partial charge in [-0.3, -0.25) is 9.52 Å². The van der Waals surface area contributed by atoms with Gasteiger partial charge in [-0.15, -0.1) is 0 Å². The van der Waals surface area contributed by atoms with E-state index < -0.39 is 22.6 Å². The van der Waals surface area contributed by atoms with Gasteiger partial charge in [0.25, 0.3) is 15.9 Å². The summed E-state index contributed by atoms with van der Waals surface area (Å²) in [5.41, 5.74) is 2.30. The average Bonchev–Trinajstić information content (AvgIpc) is 2.58. The van der Waals surface area contributed by atoms with Crippen LogP contribution in [0.1, 0.15) is 27.0 Å². The van der Waals surface area contributed by atoms with Crippen LogP contribution in [0.15, 0.2) is 41.3 Å². The third-order valence-electron chi connectivity index (χ3n) is 4.09. The molecule has 0 aliphatic carbocycles. The van der Waals surface area contributed by atoms with Gasteiger partial charge in [-0.1, -0.05) is 29.8 Å². The first-order valence-electron chi connectivity index (χ1n) is 8.60. The van der Waals surface area contributed by atoms with E-state index in [1.54, 1.807) is 52.2 Å². The van der Waals surface area contributed by atoms with E-state index in [9.17, 15) is 18.0 Å². The number of hydrogen-bond donors (Lipinski definition) is 1. The third kappa shape index (κ3) is 4.89. The molecule has 0 aliphatic heterocycles. The van der Waals surface area contributed by atoms with Crippen LogP contribution in [-0.2, 0) is 19.6 Å². The van der Waals surface area contributed by atoms with Gasteiger partial charge in [0.1, 0.15) is 0 Å². The van der Waals surface area contributed by atoms with Crippen molar-refractivity contribution in [2.75, 3.05) is 25.4 Å².